The molecule has 1 fully saturated rings. The highest BCUT2D eigenvalue weighted by molar-refractivity contribution is 5.70. The van der Waals surface area contributed by atoms with E-state index < -0.39 is 0 Å². The highest BCUT2D eigenvalue weighted by Crippen LogP contribution is 2.13. The summed E-state index contributed by atoms with van der Waals surface area (Å²) in [5, 5.41) is 3.31. The van der Waals surface area contributed by atoms with Crippen molar-refractivity contribution in [3.63, 3.8) is 0 Å². The zero-order chi connectivity index (χ0) is 11.0. The van der Waals surface area contributed by atoms with Gasteiger partial charge in [-0.2, -0.15) is 4.98 Å². The van der Waals surface area contributed by atoms with Crippen molar-refractivity contribution in [3.05, 3.63) is 12.5 Å². The molecule has 0 aliphatic carbocycles. The van der Waals surface area contributed by atoms with E-state index in [-0.39, 0.29) is 0 Å². The van der Waals surface area contributed by atoms with E-state index in [1.54, 1.807) is 6.33 Å². The summed E-state index contributed by atoms with van der Waals surface area (Å²) in [4.78, 5) is 15.3. The molecule has 1 aliphatic heterocycles. The topological polar surface area (TPSA) is 58.9 Å². The first-order chi connectivity index (χ1) is 7.84. The summed E-state index contributed by atoms with van der Waals surface area (Å²) < 4.78 is 1.93. The van der Waals surface area contributed by atoms with Crippen molar-refractivity contribution in [1.82, 2.24) is 24.8 Å². The summed E-state index contributed by atoms with van der Waals surface area (Å²) in [6, 6.07) is 0. The van der Waals surface area contributed by atoms with Gasteiger partial charge in [-0.1, -0.05) is 0 Å². The predicted octanol–water partition coefficient (Wildman–Crippen LogP) is -0.227. The van der Waals surface area contributed by atoms with Gasteiger partial charge in [0.2, 0.25) is 5.95 Å². The van der Waals surface area contributed by atoms with Crippen molar-refractivity contribution >= 4 is 17.1 Å². The van der Waals surface area contributed by atoms with E-state index in [9.17, 15) is 0 Å². The Labute approximate surface area is 93.3 Å². The van der Waals surface area contributed by atoms with Crippen LogP contribution in [0.1, 0.15) is 0 Å². The molecular weight excluding hydrogens is 204 g/mol. The van der Waals surface area contributed by atoms with E-state index in [0.717, 1.165) is 43.3 Å². The Morgan fingerprint density at radius 2 is 2.06 bits per heavy atom. The minimum atomic E-state index is 0.769. The van der Waals surface area contributed by atoms with Gasteiger partial charge in [0.15, 0.2) is 5.65 Å². The van der Waals surface area contributed by atoms with Crippen molar-refractivity contribution in [2.45, 2.75) is 0 Å². The van der Waals surface area contributed by atoms with Crippen molar-refractivity contribution < 1.29 is 0 Å². The number of nitrogens with one attached hydrogen (secondary N) is 1. The van der Waals surface area contributed by atoms with Crippen LogP contribution in [0, 0.1) is 0 Å². The maximum absolute atomic E-state index is 4.47. The molecule has 0 unspecified atom stereocenters. The minimum absolute atomic E-state index is 0.769. The zero-order valence-electron chi connectivity index (χ0n) is 9.22. The molecule has 0 aromatic carbocycles. The standard InChI is InChI=1S/C10H14N6/c1-15-7-13-9-8(15)6-12-10(14-9)16-4-2-11-3-5-16/h6-7,11H,2-5H2,1H3. The number of hydrogen-bond acceptors (Lipinski definition) is 5. The van der Waals surface area contributed by atoms with Crippen molar-refractivity contribution in [3.8, 4) is 0 Å². The van der Waals surface area contributed by atoms with E-state index in [1.165, 1.54) is 0 Å². The van der Waals surface area contributed by atoms with Gasteiger partial charge in [0.1, 0.15) is 5.52 Å². The third-order valence-electron chi connectivity index (χ3n) is 2.87. The summed E-state index contributed by atoms with van der Waals surface area (Å²) in [5.41, 5.74) is 1.74. The van der Waals surface area contributed by atoms with Crippen molar-refractivity contribution in [2.24, 2.45) is 7.05 Å². The Hall–Kier alpha value is -1.69. The van der Waals surface area contributed by atoms with Gasteiger partial charge >= 0.3 is 0 Å². The number of aryl methyl sites for hydroxylation is 1. The van der Waals surface area contributed by atoms with Crippen LogP contribution in [0.2, 0.25) is 0 Å². The molecule has 1 N–H and O–H groups in total. The van der Waals surface area contributed by atoms with E-state index in [4.69, 9.17) is 0 Å². The molecule has 16 heavy (non-hydrogen) atoms. The Morgan fingerprint density at radius 3 is 2.88 bits per heavy atom. The average Bonchev–Trinajstić information content (AvgIpc) is 2.72. The van der Waals surface area contributed by atoms with Gasteiger partial charge in [0.25, 0.3) is 0 Å². The SMILES string of the molecule is Cn1cnc2nc(N3CCNCC3)ncc21. The van der Waals surface area contributed by atoms with Crippen LogP contribution in [0.3, 0.4) is 0 Å². The lowest BCUT2D eigenvalue weighted by atomic mass is 10.4. The molecule has 0 atom stereocenters. The molecule has 0 amide bonds. The Morgan fingerprint density at radius 1 is 1.25 bits per heavy atom. The van der Waals surface area contributed by atoms with Gasteiger partial charge in [-0.05, 0) is 0 Å². The highest BCUT2D eigenvalue weighted by atomic mass is 15.3. The maximum Gasteiger partial charge on any atom is 0.227 e. The molecule has 2 aromatic heterocycles. The largest absolute Gasteiger partial charge is 0.338 e. The molecule has 0 bridgehead atoms. The lowest BCUT2D eigenvalue weighted by Crippen LogP contribution is -2.44. The molecule has 1 aliphatic rings. The van der Waals surface area contributed by atoms with Crippen LogP contribution in [-0.2, 0) is 7.05 Å². The van der Waals surface area contributed by atoms with Crippen LogP contribution in [0.4, 0.5) is 5.95 Å². The Balaban J connectivity index is 1.97. The molecule has 0 radical (unpaired) electrons. The van der Waals surface area contributed by atoms with E-state index in [0.29, 0.717) is 0 Å². The normalized spacial score (nSPS) is 16.9. The van der Waals surface area contributed by atoms with E-state index in [1.807, 2.05) is 17.8 Å². The first-order valence-electron chi connectivity index (χ1n) is 5.44. The number of rotatable bonds is 1. The Kier molecular flexibility index (Phi) is 2.21. The summed E-state index contributed by atoms with van der Waals surface area (Å²) in [5.74, 6) is 0.785. The summed E-state index contributed by atoms with van der Waals surface area (Å²) in [7, 11) is 1.95. The molecule has 3 heterocycles. The quantitative estimate of drug-likeness (QED) is 0.716. The predicted molar refractivity (Wildman–Crippen MR) is 61.4 cm³/mol. The monoisotopic (exact) mass is 218 g/mol. The van der Waals surface area contributed by atoms with Crippen LogP contribution in [0.15, 0.2) is 12.5 Å². The van der Waals surface area contributed by atoms with Gasteiger partial charge in [0.05, 0.1) is 12.5 Å². The van der Waals surface area contributed by atoms with Gasteiger partial charge in [-0.25, -0.2) is 9.97 Å². The average molecular weight is 218 g/mol. The molecule has 0 spiro atoms. The molecule has 84 valence electrons. The number of imidazole rings is 1. The van der Waals surface area contributed by atoms with E-state index in [2.05, 4.69) is 25.2 Å². The van der Waals surface area contributed by atoms with E-state index >= 15 is 0 Å². The number of anilines is 1. The lowest BCUT2D eigenvalue weighted by molar-refractivity contribution is 0.580. The molecular formula is C10H14N6. The second-order valence-electron chi connectivity index (χ2n) is 3.97. The second-order valence-corrected chi connectivity index (χ2v) is 3.97. The van der Waals surface area contributed by atoms with Crippen LogP contribution in [0.25, 0.3) is 11.2 Å². The maximum atomic E-state index is 4.47. The van der Waals surface area contributed by atoms with Gasteiger partial charge in [-0.3, -0.25) is 0 Å². The molecule has 6 heteroatoms. The fourth-order valence-electron chi connectivity index (χ4n) is 1.92. The molecule has 3 rings (SSSR count). The van der Waals surface area contributed by atoms with Crippen LogP contribution < -0.4 is 10.2 Å². The fourth-order valence-corrected chi connectivity index (χ4v) is 1.92. The van der Waals surface area contributed by atoms with Crippen LogP contribution in [0.5, 0.6) is 0 Å². The van der Waals surface area contributed by atoms with Crippen molar-refractivity contribution in [1.29, 1.82) is 0 Å². The molecule has 0 saturated carbocycles. The number of piperazine rings is 1. The summed E-state index contributed by atoms with van der Waals surface area (Å²) >= 11 is 0. The number of aromatic nitrogens is 4. The van der Waals surface area contributed by atoms with Crippen molar-refractivity contribution in [2.75, 3.05) is 31.1 Å². The second kappa shape index (κ2) is 3.71. The van der Waals surface area contributed by atoms with Gasteiger partial charge < -0.3 is 14.8 Å². The molecule has 6 nitrogen and oxygen atoms in total. The van der Waals surface area contributed by atoms with Gasteiger partial charge in [-0.15, -0.1) is 0 Å². The summed E-state index contributed by atoms with van der Waals surface area (Å²) in [6.07, 6.45) is 3.60. The number of fused-ring (bicyclic) bond motifs is 1. The van der Waals surface area contributed by atoms with Gasteiger partial charge in [0, 0.05) is 33.2 Å². The van der Waals surface area contributed by atoms with Crippen LogP contribution in [-0.4, -0.2) is 45.7 Å². The third-order valence-corrected chi connectivity index (χ3v) is 2.87. The van der Waals surface area contributed by atoms with Crippen LogP contribution >= 0.6 is 0 Å². The Bertz CT molecular complexity index is 499. The highest BCUT2D eigenvalue weighted by Gasteiger charge is 2.14. The fraction of sp³-hybridized carbons (Fsp3) is 0.500. The smallest absolute Gasteiger partial charge is 0.227 e. The molecule has 1 saturated heterocycles. The lowest BCUT2D eigenvalue weighted by Gasteiger charge is -2.27. The third kappa shape index (κ3) is 1.51. The zero-order valence-corrected chi connectivity index (χ0v) is 9.22. The number of nitrogens with zero attached hydrogens (tertiary/aromatic N) is 5. The molecule has 2 aromatic rings. The summed E-state index contributed by atoms with van der Waals surface area (Å²) in [6.45, 7) is 3.89. The number of hydrogen-bond donors (Lipinski definition) is 1. The first kappa shape index (κ1) is 9.53. The minimum Gasteiger partial charge on any atom is -0.338 e. The first-order valence-corrected chi connectivity index (χ1v) is 5.44.